The Morgan fingerprint density at radius 2 is 2.14 bits per heavy atom. The number of aromatic amines is 1. The number of aryl methyl sites for hydroxylation is 2. The van der Waals surface area contributed by atoms with E-state index in [0.717, 1.165) is 29.7 Å². The van der Waals surface area contributed by atoms with Crippen molar-refractivity contribution in [2.75, 3.05) is 13.7 Å². The molecule has 1 fully saturated rings. The summed E-state index contributed by atoms with van der Waals surface area (Å²) in [6.07, 6.45) is 1.73. The van der Waals surface area contributed by atoms with Gasteiger partial charge in [0.2, 0.25) is 0 Å². The molecular formula is C17H23N3O2. The van der Waals surface area contributed by atoms with Crippen LogP contribution in [0.1, 0.15) is 36.7 Å². The molecule has 1 N–H and O–H groups in total. The molecule has 1 aromatic heterocycles. The molecule has 0 bridgehead atoms. The summed E-state index contributed by atoms with van der Waals surface area (Å²) in [6.45, 7) is 7.17. The van der Waals surface area contributed by atoms with Gasteiger partial charge >= 0.3 is 0 Å². The van der Waals surface area contributed by atoms with Crippen LogP contribution in [-0.2, 0) is 16.1 Å². The van der Waals surface area contributed by atoms with E-state index < -0.39 is 5.60 Å². The van der Waals surface area contributed by atoms with Crippen LogP contribution >= 0.6 is 0 Å². The molecule has 0 radical (unpaired) electrons. The van der Waals surface area contributed by atoms with Crippen LogP contribution in [0, 0.1) is 13.8 Å². The van der Waals surface area contributed by atoms with Crippen LogP contribution in [0.25, 0.3) is 11.0 Å². The second-order valence-electron chi connectivity index (χ2n) is 6.48. The number of benzene rings is 1. The number of nitrogens with one attached hydrogen (secondary N) is 1. The highest BCUT2D eigenvalue weighted by Gasteiger charge is 2.39. The van der Waals surface area contributed by atoms with Gasteiger partial charge < -0.3 is 14.6 Å². The first kappa shape index (κ1) is 15.0. The zero-order valence-corrected chi connectivity index (χ0v) is 13.7. The Morgan fingerprint density at radius 1 is 1.41 bits per heavy atom. The minimum absolute atomic E-state index is 0.0258. The third-order valence-electron chi connectivity index (χ3n) is 4.55. The Morgan fingerprint density at radius 3 is 2.82 bits per heavy atom. The number of hydrogen-bond donors (Lipinski definition) is 1. The van der Waals surface area contributed by atoms with Crippen molar-refractivity contribution in [3.63, 3.8) is 0 Å². The number of carbonyl (C=O) groups is 1. The molecule has 2 heterocycles. The van der Waals surface area contributed by atoms with Crippen molar-refractivity contribution in [2.45, 2.75) is 45.8 Å². The van der Waals surface area contributed by atoms with Gasteiger partial charge in [0.1, 0.15) is 11.4 Å². The summed E-state index contributed by atoms with van der Waals surface area (Å²) in [5.74, 6) is 0.829. The van der Waals surface area contributed by atoms with Crippen molar-refractivity contribution in [2.24, 2.45) is 0 Å². The number of hydrogen-bond acceptors (Lipinski definition) is 3. The number of amides is 1. The highest BCUT2D eigenvalue weighted by atomic mass is 16.5. The number of carbonyl (C=O) groups excluding carboxylic acids is 1. The van der Waals surface area contributed by atoms with E-state index in [1.807, 2.05) is 6.92 Å². The predicted molar refractivity (Wildman–Crippen MR) is 85.6 cm³/mol. The average Bonchev–Trinajstić information content (AvgIpc) is 3.05. The Bertz CT molecular complexity index is 675. The molecule has 3 rings (SSSR count). The lowest BCUT2D eigenvalue weighted by Crippen LogP contribution is -2.44. The van der Waals surface area contributed by atoms with Crippen molar-refractivity contribution < 1.29 is 9.53 Å². The molecule has 5 nitrogen and oxygen atoms in total. The number of fused-ring (bicyclic) bond motifs is 1. The average molecular weight is 301 g/mol. The molecule has 1 saturated heterocycles. The van der Waals surface area contributed by atoms with Crippen LogP contribution in [0.15, 0.2) is 12.1 Å². The van der Waals surface area contributed by atoms with E-state index in [4.69, 9.17) is 4.74 Å². The predicted octanol–water partition coefficient (Wildman–Crippen LogP) is 2.71. The van der Waals surface area contributed by atoms with Crippen LogP contribution < -0.4 is 0 Å². The van der Waals surface area contributed by atoms with E-state index in [9.17, 15) is 4.79 Å². The van der Waals surface area contributed by atoms with Gasteiger partial charge in [-0.1, -0.05) is 0 Å². The smallest absolute Gasteiger partial charge is 0.254 e. The fourth-order valence-electron chi connectivity index (χ4n) is 3.05. The van der Waals surface area contributed by atoms with Crippen LogP contribution in [0.2, 0.25) is 0 Å². The number of rotatable bonds is 3. The van der Waals surface area contributed by atoms with E-state index in [0.29, 0.717) is 13.2 Å². The standard InChI is InChI=1S/C17H23N3O2/c1-11-8-13-14(9-12(11)2)19-15(18-13)10-20(4)16(21)17(3)6-5-7-22-17/h8-9H,5-7,10H2,1-4H3,(H,18,19). The van der Waals surface area contributed by atoms with Crippen LogP contribution in [0.4, 0.5) is 0 Å². The molecule has 0 spiro atoms. The molecule has 2 aromatic rings. The van der Waals surface area contributed by atoms with Crippen molar-refractivity contribution in [3.05, 3.63) is 29.1 Å². The molecule has 118 valence electrons. The fourth-order valence-corrected chi connectivity index (χ4v) is 3.05. The SMILES string of the molecule is Cc1cc2nc(CN(C)C(=O)C3(C)CCCO3)[nH]c2cc1C. The van der Waals surface area contributed by atoms with Gasteiger partial charge in [0.15, 0.2) is 0 Å². The molecule has 1 atom stereocenters. The highest BCUT2D eigenvalue weighted by Crippen LogP contribution is 2.27. The van der Waals surface area contributed by atoms with Crippen molar-refractivity contribution in [1.29, 1.82) is 0 Å². The maximum Gasteiger partial charge on any atom is 0.254 e. The van der Waals surface area contributed by atoms with Crippen LogP contribution in [0.5, 0.6) is 0 Å². The summed E-state index contributed by atoms with van der Waals surface area (Å²) >= 11 is 0. The molecule has 0 saturated carbocycles. The quantitative estimate of drug-likeness (QED) is 0.948. The number of likely N-dealkylation sites (N-methyl/N-ethyl adjacent to an activating group) is 1. The van der Waals surface area contributed by atoms with Gasteiger partial charge in [-0.2, -0.15) is 0 Å². The number of aromatic nitrogens is 2. The fraction of sp³-hybridized carbons (Fsp3) is 0.529. The molecule has 1 amide bonds. The van der Waals surface area contributed by atoms with Gasteiger partial charge in [-0.15, -0.1) is 0 Å². The normalized spacial score (nSPS) is 21.5. The topological polar surface area (TPSA) is 58.2 Å². The van der Waals surface area contributed by atoms with Crippen LogP contribution in [-0.4, -0.2) is 40.0 Å². The Hall–Kier alpha value is -1.88. The minimum Gasteiger partial charge on any atom is -0.365 e. The monoisotopic (exact) mass is 301 g/mol. The van der Waals surface area contributed by atoms with Gasteiger partial charge in [-0.25, -0.2) is 4.98 Å². The third-order valence-corrected chi connectivity index (χ3v) is 4.55. The van der Waals surface area contributed by atoms with Crippen molar-refractivity contribution >= 4 is 16.9 Å². The Kier molecular flexibility index (Phi) is 3.68. The molecule has 5 heteroatoms. The second-order valence-corrected chi connectivity index (χ2v) is 6.48. The lowest BCUT2D eigenvalue weighted by Gasteiger charge is -2.27. The van der Waals surface area contributed by atoms with Gasteiger partial charge in [0.25, 0.3) is 5.91 Å². The summed E-state index contributed by atoms with van der Waals surface area (Å²) < 4.78 is 5.63. The van der Waals surface area contributed by atoms with Gasteiger partial charge in [0.05, 0.1) is 17.6 Å². The van der Waals surface area contributed by atoms with E-state index >= 15 is 0 Å². The van der Waals surface area contributed by atoms with Crippen molar-refractivity contribution in [3.8, 4) is 0 Å². The zero-order valence-electron chi connectivity index (χ0n) is 13.7. The number of H-pyrrole nitrogens is 1. The number of imidazole rings is 1. The molecule has 1 aliphatic heterocycles. The van der Waals surface area contributed by atoms with Gasteiger partial charge in [-0.3, -0.25) is 4.79 Å². The van der Waals surface area contributed by atoms with Crippen molar-refractivity contribution in [1.82, 2.24) is 14.9 Å². The number of nitrogens with zero attached hydrogens (tertiary/aromatic N) is 2. The molecule has 1 aliphatic rings. The molecule has 1 aromatic carbocycles. The maximum atomic E-state index is 12.6. The summed E-state index contributed by atoms with van der Waals surface area (Å²) in [5, 5.41) is 0. The minimum atomic E-state index is -0.673. The summed E-state index contributed by atoms with van der Waals surface area (Å²) in [5.41, 5.74) is 3.75. The lowest BCUT2D eigenvalue weighted by atomic mass is 10.0. The first-order valence-electron chi connectivity index (χ1n) is 7.74. The summed E-state index contributed by atoms with van der Waals surface area (Å²) in [6, 6.07) is 4.18. The molecular weight excluding hydrogens is 278 g/mol. The van der Waals surface area contributed by atoms with Crippen LogP contribution in [0.3, 0.4) is 0 Å². The van der Waals surface area contributed by atoms with E-state index in [1.54, 1.807) is 11.9 Å². The first-order valence-corrected chi connectivity index (χ1v) is 7.74. The first-order chi connectivity index (χ1) is 10.4. The molecule has 1 unspecified atom stereocenters. The summed E-state index contributed by atoms with van der Waals surface area (Å²) in [7, 11) is 1.80. The van der Waals surface area contributed by atoms with E-state index in [-0.39, 0.29) is 5.91 Å². The lowest BCUT2D eigenvalue weighted by molar-refractivity contribution is -0.150. The Balaban J connectivity index is 1.79. The zero-order chi connectivity index (χ0) is 15.9. The largest absolute Gasteiger partial charge is 0.365 e. The van der Waals surface area contributed by atoms with Gasteiger partial charge in [0, 0.05) is 13.7 Å². The van der Waals surface area contributed by atoms with Gasteiger partial charge in [-0.05, 0) is 56.9 Å². The Labute approximate surface area is 130 Å². The second kappa shape index (κ2) is 5.39. The third kappa shape index (κ3) is 2.61. The maximum absolute atomic E-state index is 12.6. The van der Waals surface area contributed by atoms with E-state index in [1.165, 1.54) is 11.1 Å². The summed E-state index contributed by atoms with van der Waals surface area (Å²) in [4.78, 5) is 22.2. The molecule has 0 aliphatic carbocycles. The number of ether oxygens (including phenoxy) is 1. The molecule has 22 heavy (non-hydrogen) atoms. The van der Waals surface area contributed by atoms with E-state index in [2.05, 4.69) is 35.9 Å². The highest BCUT2D eigenvalue weighted by molar-refractivity contribution is 5.85.